The van der Waals surface area contributed by atoms with Gasteiger partial charge in [0.05, 0.1) is 10.8 Å². The molecule has 0 radical (unpaired) electrons. The maximum absolute atomic E-state index is 5.78. The zero-order valence-corrected chi connectivity index (χ0v) is 15.8. The van der Waals surface area contributed by atoms with Crippen LogP contribution < -0.4 is 5.32 Å². The number of hydrogen-bond acceptors (Lipinski definition) is 7. The van der Waals surface area contributed by atoms with E-state index in [9.17, 15) is 0 Å². The zero-order valence-electron chi connectivity index (χ0n) is 15.0. The van der Waals surface area contributed by atoms with Gasteiger partial charge in [0.15, 0.2) is 5.16 Å². The van der Waals surface area contributed by atoms with E-state index in [4.69, 9.17) is 4.42 Å². The number of aromatic nitrogens is 4. The summed E-state index contributed by atoms with van der Waals surface area (Å²) in [6, 6.07) is 8.01. The normalized spacial score (nSPS) is 12.7. The largest absolute Gasteiger partial charge is 0.424 e. The molecule has 0 amide bonds. The Balaban J connectivity index is 1.83. The molecule has 3 aromatic rings. The molecule has 0 saturated heterocycles. The number of thioether (sulfide) groups is 1. The standard InChI is InChI=1S/C18H23N5OS/c1-5-19-16-13-8-6-7-9-14(13)20-18(21-16)25-12(4)17-23-22-15(24-17)10-11(2)3/h6-9,11-12H,5,10H2,1-4H3,(H,19,20,21)/t12-/m0/s1. The van der Waals surface area contributed by atoms with Crippen LogP contribution in [0, 0.1) is 5.92 Å². The van der Waals surface area contributed by atoms with Gasteiger partial charge in [0.1, 0.15) is 5.82 Å². The lowest BCUT2D eigenvalue weighted by atomic mass is 10.1. The number of nitrogens with zero attached hydrogens (tertiary/aromatic N) is 4. The van der Waals surface area contributed by atoms with Gasteiger partial charge >= 0.3 is 0 Å². The molecule has 0 fully saturated rings. The van der Waals surface area contributed by atoms with Gasteiger partial charge in [-0.25, -0.2) is 9.97 Å². The molecule has 7 heteroatoms. The summed E-state index contributed by atoms with van der Waals surface area (Å²) in [6.07, 6.45) is 0.793. The predicted octanol–water partition coefficient (Wildman–Crippen LogP) is 4.50. The average molecular weight is 357 g/mol. The molecular weight excluding hydrogens is 334 g/mol. The highest BCUT2D eigenvalue weighted by atomic mass is 32.2. The summed E-state index contributed by atoms with van der Waals surface area (Å²) < 4.78 is 5.78. The second-order valence-corrected chi connectivity index (χ2v) is 7.60. The molecule has 6 nitrogen and oxygen atoms in total. The van der Waals surface area contributed by atoms with E-state index in [0.717, 1.165) is 29.7 Å². The Morgan fingerprint density at radius 1 is 1.12 bits per heavy atom. The summed E-state index contributed by atoms with van der Waals surface area (Å²) in [7, 11) is 0. The van der Waals surface area contributed by atoms with Gasteiger partial charge in [0.25, 0.3) is 0 Å². The fourth-order valence-electron chi connectivity index (χ4n) is 2.48. The second kappa shape index (κ2) is 7.82. The molecule has 0 spiro atoms. The quantitative estimate of drug-likeness (QED) is 0.493. The minimum absolute atomic E-state index is 0.0101. The second-order valence-electron chi connectivity index (χ2n) is 6.29. The predicted molar refractivity (Wildman–Crippen MR) is 101 cm³/mol. The van der Waals surface area contributed by atoms with E-state index in [1.54, 1.807) is 0 Å². The molecule has 132 valence electrons. The van der Waals surface area contributed by atoms with E-state index in [-0.39, 0.29) is 5.25 Å². The fourth-order valence-corrected chi connectivity index (χ4v) is 3.29. The van der Waals surface area contributed by atoms with Gasteiger partial charge in [0, 0.05) is 18.4 Å². The lowest BCUT2D eigenvalue weighted by Crippen LogP contribution is -2.03. The molecule has 0 unspecified atom stereocenters. The van der Waals surface area contributed by atoms with Crippen molar-refractivity contribution in [1.82, 2.24) is 20.2 Å². The van der Waals surface area contributed by atoms with E-state index < -0.39 is 0 Å². The van der Waals surface area contributed by atoms with Crippen LogP contribution in [0.1, 0.15) is 44.7 Å². The summed E-state index contributed by atoms with van der Waals surface area (Å²) in [4.78, 5) is 9.32. The van der Waals surface area contributed by atoms with Gasteiger partial charge in [-0.15, -0.1) is 10.2 Å². The number of hydrogen-bond donors (Lipinski definition) is 1. The molecule has 3 rings (SSSR count). The Morgan fingerprint density at radius 3 is 2.68 bits per heavy atom. The molecule has 0 aliphatic carbocycles. The zero-order chi connectivity index (χ0) is 17.8. The number of nitrogens with one attached hydrogen (secondary N) is 1. The van der Waals surface area contributed by atoms with Gasteiger partial charge < -0.3 is 9.73 Å². The molecule has 1 N–H and O–H groups in total. The third-order valence-corrected chi connectivity index (χ3v) is 4.57. The summed E-state index contributed by atoms with van der Waals surface area (Å²) in [5.41, 5.74) is 0.925. The van der Waals surface area contributed by atoms with Crippen LogP contribution in [0.4, 0.5) is 5.82 Å². The highest BCUT2D eigenvalue weighted by Gasteiger charge is 2.18. The van der Waals surface area contributed by atoms with Crippen LogP contribution in [-0.4, -0.2) is 26.7 Å². The van der Waals surface area contributed by atoms with E-state index >= 15 is 0 Å². The molecule has 25 heavy (non-hydrogen) atoms. The Labute approximate surface area is 151 Å². The van der Waals surface area contributed by atoms with Crippen LogP contribution in [0.25, 0.3) is 10.9 Å². The molecule has 0 bridgehead atoms. The fraction of sp³-hybridized carbons (Fsp3) is 0.444. The third kappa shape index (κ3) is 4.28. The lowest BCUT2D eigenvalue weighted by Gasteiger charge is -2.10. The topological polar surface area (TPSA) is 76.7 Å². The van der Waals surface area contributed by atoms with Crippen LogP contribution in [0.3, 0.4) is 0 Å². The Bertz CT molecular complexity index is 848. The molecule has 1 atom stereocenters. The first-order valence-electron chi connectivity index (χ1n) is 8.56. The summed E-state index contributed by atoms with van der Waals surface area (Å²) >= 11 is 1.53. The molecule has 0 saturated carbocycles. The molecular formula is C18H23N5OS. The van der Waals surface area contributed by atoms with Crippen LogP contribution in [0.15, 0.2) is 33.8 Å². The van der Waals surface area contributed by atoms with E-state index in [2.05, 4.69) is 46.3 Å². The van der Waals surface area contributed by atoms with Crippen LogP contribution >= 0.6 is 11.8 Å². The van der Waals surface area contributed by atoms with Crippen molar-refractivity contribution in [3.63, 3.8) is 0 Å². The highest BCUT2D eigenvalue weighted by Crippen LogP contribution is 2.34. The van der Waals surface area contributed by atoms with E-state index in [1.165, 1.54) is 11.8 Å². The molecule has 2 aromatic heterocycles. The number of fused-ring (bicyclic) bond motifs is 1. The number of benzene rings is 1. The average Bonchev–Trinajstić information content (AvgIpc) is 3.03. The van der Waals surface area contributed by atoms with Gasteiger partial charge in [0.2, 0.25) is 11.8 Å². The van der Waals surface area contributed by atoms with Gasteiger partial charge in [-0.1, -0.05) is 37.7 Å². The maximum Gasteiger partial charge on any atom is 0.229 e. The summed E-state index contributed by atoms with van der Waals surface area (Å²) in [5, 5.41) is 13.3. The van der Waals surface area contributed by atoms with E-state index in [0.29, 0.717) is 22.9 Å². The Hall–Kier alpha value is -2.15. The molecule has 1 aromatic carbocycles. The van der Waals surface area contributed by atoms with Crippen LogP contribution in [-0.2, 0) is 6.42 Å². The van der Waals surface area contributed by atoms with Crippen molar-refractivity contribution in [2.45, 2.75) is 44.5 Å². The smallest absolute Gasteiger partial charge is 0.229 e. The highest BCUT2D eigenvalue weighted by molar-refractivity contribution is 7.99. The van der Waals surface area contributed by atoms with Gasteiger partial charge in [-0.2, -0.15) is 0 Å². The number of para-hydroxylation sites is 1. The first-order chi connectivity index (χ1) is 12.1. The van der Waals surface area contributed by atoms with E-state index in [1.807, 2.05) is 31.2 Å². The third-order valence-electron chi connectivity index (χ3n) is 3.62. The number of rotatable bonds is 7. The van der Waals surface area contributed by atoms with Crippen molar-refractivity contribution in [2.24, 2.45) is 5.92 Å². The molecule has 0 aliphatic heterocycles. The first-order valence-corrected chi connectivity index (χ1v) is 9.44. The molecule has 2 heterocycles. The van der Waals surface area contributed by atoms with Crippen molar-refractivity contribution in [1.29, 1.82) is 0 Å². The summed E-state index contributed by atoms with van der Waals surface area (Å²) in [6.45, 7) is 9.16. The van der Waals surface area contributed by atoms with Crippen molar-refractivity contribution in [2.75, 3.05) is 11.9 Å². The minimum atomic E-state index is -0.0101. The maximum atomic E-state index is 5.78. The minimum Gasteiger partial charge on any atom is -0.424 e. The molecule has 0 aliphatic rings. The Morgan fingerprint density at radius 2 is 1.92 bits per heavy atom. The number of anilines is 1. The van der Waals surface area contributed by atoms with Crippen molar-refractivity contribution in [3.8, 4) is 0 Å². The SMILES string of the molecule is CCNc1nc(S[C@@H](C)c2nnc(CC(C)C)o2)nc2ccccc12. The Kier molecular flexibility index (Phi) is 5.53. The summed E-state index contributed by atoms with van der Waals surface area (Å²) in [5.74, 6) is 2.64. The van der Waals surface area contributed by atoms with Crippen LogP contribution in [0.2, 0.25) is 0 Å². The van der Waals surface area contributed by atoms with Crippen molar-refractivity contribution in [3.05, 3.63) is 36.0 Å². The first kappa shape index (κ1) is 17.7. The monoisotopic (exact) mass is 357 g/mol. The van der Waals surface area contributed by atoms with Gasteiger partial charge in [-0.05, 0) is 31.9 Å². The van der Waals surface area contributed by atoms with Crippen molar-refractivity contribution >= 4 is 28.5 Å². The van der Waals surface area contributed by atoms with Crippen molar-refractivity contribution < 1.29 is 4.42 Å². The lowest BCUT2D eigenvalue weighted by molar-refractivity contribution is 0.426. The van der Waals surface area contributed by atoms with Crippen LogP contribution in [0.5, 0.6) is 0 Å². The van der Waals surface area contributed by atoms with Gasteiger partial charge in [-0.3, -0.25) is 0 Å².